The van der Waals surface area contributed by atoms with Gasteiger partial charge in [-0.1, -0.05) is 47.5 Å². The number of amides is 2. The summed E-state index contributed by atoms with van der Waals surface area (Å²) in [6.07, 6.45) is 5.53. The predicted molar refractivity (Wildman–Crippen MR) is 212 cm³/mol. The van der Waals surface area contributed by atoms with Crippen molar-refractivity contribution in [1.29, 1.82) is 0 Å². The maximum absolute atomic E-state index is 13.7. The number of hydrogen-bond donors (Lipinski definition) is 4. The lowest BCUT2D eigenvalue weighted by atomic mass is 9.80. The number of carbonyl (C=O) groups is 3. The summed E-state index contributed by atoms with van der Waals surface area (Å²) in [5.41, 5.74) is 5.70. The van der Waals surface area contributed by atoms with Gasteiger partial charge in [0.25, 0.3) is 11.8 Å². The molecule has 1 fully saturated rings. The minimum Gasteiger partial charge on any atom is -0.481 e. The van der Waals surface area contributed by atoms with E-state index in [4.69, 9.17) is 28.2 Å². The third-order valence-electron chi connectivity index (χ3n) is 11.4. The Kier molecular flexibility index (Phi) is 11.7. The van der Waals surface area contributed by atoms with Crippen molar-refractivity contribution in [3.8, 4) is 11.1 Å². The number of fused-ring (bicyclic) bond motifs is 2. The Labute approximate surface area is 330 Å². The van der Waals surface area contributed by atoms with Crippen molar-refractivity contribution in [2.75, 3.05) is 36.8 Å². The first-order valence-corrected chi connectivity index (χ1v) is 19.8. The number of carboxylic acid groups (broad SMARTS) is 1. The largest absolute Gasteiger partial charge is 0.481 e. The molecule has 7 rings (SSSR count). The molecule has 4 N–H and O–H groups in total. The summed E-state index contributed by atoms with van der Waals surface area (Å²) in [6.45, 7) is 6.09. The van der Waals surface area contributed by atoms with E-state index in [1.807, 2.05) is 29.3 Å². The number of imidazole rings is 2. The van der Waals surface area contributed by atoms with Gasteiger partial charge in [0, 0.05) is 82.2 Å². The molecule has 55 heavy (non-hydrogen) atoms. The highest BCUT2D eigenvalue weighted by Gasteiger charge is 2.30. The van der Waals surface area contributed by atoms with Crippen LogP contribution in [0.25, 0.3) is 11.1 Å². The number of rotatable bonds is 11. The molecule has 0 spiro atoms. The van der Waals surface area contributed by atoms with Gasteiger partial charge in [-0.15, -0.1) is 0 Å². The average Bonchev–Trinajstić information content (AvgIpc) is 3.67. The molecule has 2 aromatic heterocycles. The molecule has 0 radical (unpaired) electrons. The van der Waals surface area contributed by atoms with Gasteiger partial charge in [0.15, 0.2) is 11.6 Å². The number of hydrogen-bond acceptors (Lipinski definition) is 8. The molecular formula is C40H48Cl2N8O5. The number of aliphatic carboxylic acids is 1. The number of carbonyl (C=O) groups excluding carboxylic acids is 2. The van der Waals surface area contributed by atoms with Crippen molar-refractivity contribution in [3.63, 3.8) is 0 Å². The highest BCUT2D eigenvalue weighted by Crippen LogP contribution is 2.40. The summed E-state index contributed by atoms with van der Waals surface area (Å²) >= 11 is 13.9. The first-order chi connectivity index (χ1) is 26.4. The summed E-state index contributed by atoms with van der Waals surface area (Å²) in [6, 6.07) is 10.6. The van der Waals surface area contributed by atoms with Gasteiger partial charge < -0.3 is 30.0 Å². The lowest BCUT2D eigenvalue weighted by Crippen LogP contribution is -2.36. The van der Waals surface area contributed by atoms with Crippen LogP contribution >= 0.6 is 23.2 Å². The molecule has 0 unspecified atom stereocenters. The van der Waals surface area contributed by atoms with Crippen LogP contribution in [0.5, 0.6) is 0 Å². The van der Waals surface area contributed by atoms with E-state index in [1.165, 1.54) is 0 Å². The number of β-amino-alcohol motifs (C(OH)–C–C–N with tert-alkyl or cyclic N) is 1. The van der Waals surface area contributed by atoms with Crippen LogP contribution in [0.3, 0.4) is 0 Å². The highest BCUT2D eigenvalue weighted by molar-refractivity contribution is 6.40. The zero-order valence-electron chi connectivity index (χ0n) is 31.4. The molecule has 0 bridgehead atoms. The summed E-state index contributed by atoms with van der Waals surface area (Å²) in [7, 11) is 3.69. The number of aliphatic hydroxyl groups excluding tert-OH is 1. The van der Waals surface area contributed by atoms with Gasteiger partial charge in [-0.05, 0) is 63.6 Å². The molecule has 2 aromatic carbocycles. The Bertz CT molecular complexity index is 2100. The van der Waals surface area contributed by atoms with Gasteiger partial charge in [0.05, 0.1) is 44.8 Å². The molecule has 2 amide bonds. The number of anilines is 2. The Hall–Kier alpha value is -4.27. The number of aliphatic hydroxyl groups is 1. The fourth-order valence-corrected chi connectivity index (χ4v) is 8.93. The third kappa shape index (κ3) is 8.31. The van der Waals surface area contributed by atoms with Gasteiger partial charge in [0.1, 0.15) is 0 Å². The topological polar surface area (TPSA) is 158 Å². The molecule has 3 aliphatic rings. The maximum atomic E-state index is 13.7. The van der Waals surface area contributed by atoms with Crippen LogP contribution in [0.2, 0.25) is 10.0 Å². The maximum Gasteiger partial charge on any atom is 0.306 e. The number of aromatic nitrogens is 4. The zero-order chi connectivity index (χ0) is 39.0. The van der Waals surface area contributed by atoms with Crippen LogP contribution in [0, 0.1) is 11.8 Å². The minimum absolute atomic E-state index is 0.201. The fraction of sp³-hybridized carbons (Fsp3) is 0.475. The van der Waals surface area contributed by atoms with E-state index in [9.17, 15) is 24.6 Å². The standard InChI is InChI=1S/C40H48Cl2N8O5/c1-23(51)20-50-19-16-33-31(22-50)44-37(48(33)3)39(53)46-29-9-5-7-27(35(29)42)26-6-4-8-28(34(26)41)45-38(52)36-43-30-21-49(18-15-32(30)47(36)2)17-14-24-10-12-25(13-11-24)40(54)55/h4-9,23-25,51H,10-22H2,1-3H3,(H,45,52)(H,46,53)(H,54,55)/t23-,24-,25-/m0/s1. The molecule has 1 saturated carbocycles. The van der Waals surface area contributed by atoms with Crippen molar-refractivity contribution in [1.82, 2.24) is 28.9 Å². The lowest BCUT2D eigenvalue weighted by molar-refractivity contribution is -0.143. The molecule has 1 atom stereocenters. The Balaban J connectivity index is 1.01. The Morgan fingerprint density at radius 2 is 1.29 bits per heavy atom. The number of benzene rings is 2. The van der Waals surface area contributed by atoms with Crippen molar-refractivity contribution in [2.45, 2.75) is 71.1 Å². The van der Waals surface area contributed by atoms with Gasteiger partial charge in [0.2, 0.25) is 0 Å². The molecular weight excluding hydrogens is 743 g/mol. The van der Waals surface area contributed by atoms with E-state index in [2.05, 4.69) is 25.4 Å². The molecule has 292 valence electrons. The second kappa shape index (κ2) is 16.4. The van der Waals surface area contributed by atoms with Crippen LogP contribution in [0.4, 0.5) is 11.4 Å². The van der Waals surface area contributed by atoms with Crippen LogP contribution in [0.15, 0.2) is 36.4 Å². The lowest BCUT2D eigenvalue weighted by Gasteiger charge is -2.30. The highest BCUT2D eigenvalue weighted by atomic mass is 35.5. The molecule has 2 aliphatic heterocycles. The van der Waals surface area contributed by atoms with E-state index < -0.39 is 18.0 Å². The van der Waals surface area contributed by atoms with E-state index in [-0.39, 0.29) is 22.7 Å². The zero-order valence-corrected chi connectivity index (χ0v) is 33.0. The van der Waals surface area contributed by atoms with Crippen LogP contribution in [-0.4, -0.2) is 89.2 Å². The van der Waals surface area contributed by atoms with Crippen LogP contribution in [-0.2, 0) is 44.8 Å². The van der Waals surface area contributed by atoms with E-state index in [1.54, 1.807) is 37.3 Å². The van der Waals surface area contributed by atoms with Gasteiger partial charge in [-0.2, -0.15) is 0 Å². The fourth-order valence-electron chi connectivity index (χ4n) is 8.38. The molecule has 1 aliphatic carbocycles. The Morgan fingerprint density at radius 3 is 1.78 bits per heavy atom. The molecule has 15 heteroatoms. The molecule has 0 saturated heterocycles. The van der Waals surface area contributed by atoms with Gasteiger partial charge in [-0.25, -0.2) is 9.97 Å². The second-order valence-electron chi connectivity index (χ2n) is 15.2. The van der Waals surface area contributed by atoms with Gasteiger partial charge >= 0.3 is 5.97 Å². The Morgan fingerprint density at radius 1 is 0.800 bits per heavy atom. The van der Waals surface area contributed by atoms with Crippen LogP contribution < -0.4 is 10.6 Å². The average molecular weight is 792 g/mol. The van der Waals surface area contributed by atoms with E-state index >= 15 is 0 Å². The quantitative estimate of drug-likeness (QED) is 0.143. The van der Waals surface area contributed by atoms with Crippen molar-refractivity contribution in [2.24, 2.45) is 25.9 Å². The third-order valence-corrected chi connectivity index (χ3v) is 12.2. The minimum atomic E-state index is -0.674. The van der Waals surface area contributed by atoms with Crippen molar-refractivity contribution in [3.05, 3.63) is 80.9 Å². The summed E-state index contributed by atoms with van der Waals surface area (Å²) in [5.74, 6) is -0.531. The number of nitrogens with zero attached hydrogens (tertiary/aromatic N) is 6. The molecule has 13 nitrogen and oxygen atoms in total. The number of nitrogens with one attached hydrogen (secondary N) is 2. The number of halogens is 2. The van der Waals surface area contributed by atoms with Gasteiger partial charge in [-0.3, -0.25) is 24.2 Å². The number of carboxylic acids is 1. The molecule has 4 aromatic rings. The summed E-state index contributed by atoms with van der Waals surface area (Å²) < 4.78 is 3.68. The van der Waals surface area contributed by atoms with E-state index in [0.29, 0.717) is 58.9 Å². The first-order valence-electron chi connectivity index (χ1n) is 19.0. The van der Waals surface area contributed by atoms with Crippen molar-refractivity contribution < 1.29 is 24.6 Å². The summed E-state index contributed by atoms with van der Waals surface area (Å²) in [4.78, 5) is 52.5. The first kappa shape index (κ1) is 39.0. The molecule has 4 heterocycles. The summed E-state index contributed by atoms with van der Waals surface area (Å²) in [5, 5.41) is 25.6. The monoisotopic (exact) mass is 790 g/mol. The predicted octanol–water partition coefficient (Wildman–Crippen LogP) is 6.01. The normalized spacial score (nSPS) is 19.4. The smallest absolute Gasteiger partial charge is 0.306 e. The second-order valence-corrected chi connectivity index (χ2v) is 16.0. The van der Waals surface area contributed by atoms with Crippen molar-refractivity contribution >= 4 is 52.4 Å². The van der Waals surface area contributed by atoms with E-state index in [0.717, 1.165) is 87.4 Å². The van der Waals surface area contributed by atoms with Crippen LogP contribution in [0.1, 0.15) is 83.0 Å². The SMILES string of the molecule is C[C@H](O)CN1CCc2c(nc(C(=O)Nc3cccc(-c4cccc(NC(=O)c5nc6c(n5C)CCN(CC[C@H]5CC[C@H](C(=O)O)CC5)C6)c4Cl)c3Cl)n2C)C1.